The van der Waals surface area contributed by atoms with Crippen LogP contribution in [-0.4, -0.2) is 83.3 Å². The normalized spacial score (nSPS) is 38.9. The van der Waals surface area contributed by atoms with Gasteiger partial charge in [-0.2, -0.15) is 0 Å². The first-order valence-electron chi connectivity index (χ1n) is 14.1. The Morgan fingerprint density at radius 1 is 1.17 bits per heavy atom. The Labute approximate surface area is 237 Å². The van der Waals surface area contributed by atoms with Crippen LogP contribution in [0.2, 0.25) is 0 Å². The molecule has 5 rings (SSSR count). The number of hydrogen-bond acceptors (Lipinski definition) is 12. The van der Waals surface area contributed by atoms with Gasteiger partial charge in [0.2, 0.25) is 0 Å². The smallest absolute Gasteiger partial charge is 0.313 e. The number of furan rings is 1. The van der Waals surface area contributed by atoms with Crippen molar-refractivity contribution in [1.82, 2.24) is 0 Å². The molecule has 0 bridgehead atoms. The second kappa shape index (κ2) is 11.8. The van der Waals surface area contributed by atoms with E-state index in [0.29, 0.717) is 25.7 Å². The summed E-state index contributed by atoms with van der Waals surface area (Å²) >= 11 is 0. The van der Waals surface area contributed by atoms with E-state index in [1.807, 2.05) is 6.92 Å². The fourth-order valence-corrected chi connectivity index (χ4v) is 7.17. The first kappa shape index (κ1) is 29.7. The summed E-state index contributed by atoms with van der Waals surface area (Å²) in [6.45, 7) is 3.91. The first-order chi connectivity index (χ1) is 19.6. The van der Waals surface area contributed by atoms with Gasteiger partial charge in [-0.3, -0.25) is 14.4 Å². The molecule has 3 fully saturated rings. The van der Waals surface area contributed by atoms with Gasteiger partial charge in [0.15, 0.2) is 12.4 Å². The van der Waals surface area contributed by atoms with Crippen molar-refractivity contribution in [3.05, 3.63) is 35.3 Å². The highest BCUT2D eigenvalue weighted by Gasteiger charge is 2.63. The van der Waals surface area contributed by atoms with Gasteiger partial charge in [0.1, 0.15) is 31.0 Å². The number of carbonyl (C=O) groups is 3. The number of esters is 3. The van der Waals surface area contributed by atoms with Gasteiger partial charge in [0.05, 0.1) is 30.7 Å². The molecule has 2 aliphatic heterocycles. The summed E-state index contributed by atoms with van der Waals surface area (Å²) in [5, 5.41) is 30.9. The number of ether oxygens (including phenoxy) is 5. The SMILES string of the molecule is CC(=O)OCC1=C2[C@H](O[C@@H]3O[C@H](CO)[C@@H](O)[C@H](O)[C@H]3OC(C)=O)C[C@@H](C)[C@]3(C[C@@H](c4ccoc4)OC3=O)[C@H]2CCC1. The number of aliphatic hydroxyl groups excluding tert-OH is 3. The van der Waals surface area contributed by atoms with Gasteiger partial charge in [0, 0.05) is 25.8 Å². The molecule has 1 aromatic rings. The molecule has 0 unspecified atom stereocenters. The van der Waals surface area contributed by atoms with Crippen LogP contribution in [0.3, 0.4) is 0 Å². The number of hydrogen-bond donors (Lipinski definition) is 3. The van der Waals surface area contributed by atoms with Crippen LogP contribution >= 0.6 is 0 Å². The van der Waals surface area contributed by atoms with E-state index in [1.54, 1.807) is 18.6 Å². The monoisotopic (exact) mass is 578 g/mol. The van der Waals surface area contributed by atoms with Crippen LogP contribution in [0, 0.1) is 17.3 Å². The third kappa shape index (κ3) is 5.43. The Balaban J connectivity index is 1.52. The van der Waals surface area contributed by atoms with Crippen LogP contribution in [0.4, 0.5) is 0 Å². The van der Waals surface area contributed by atoms with Crippen molar-refractivity contribution in [3.8, 4) is 0 Å². The summed E-state index contributed by atoms with van der Waals surface area (Å²) in [7, 11) is 0. The van der Waals surface area contributed by atoms with Gasteiger partial charge in [0.25, 0.3) is 0 Å². The number of carbonyl (C=O) groups excluding carboxylic acids is 3. The fraction of sp³-hybridized carbons (Fsp3) is 0.690. The highest BCUT2D eigenvalue weighted by molar-refractivity contribution is 5.81. The molecule has 2 aliphatic carbocycles. The third-order valence-electron chi connectivity index (χ3n) is 9.11. The van der Waals surface area contributed by atoms with E-state index in [2.05, 4.69) is 0 Å². The van der Waals surface area contributed by atoms with Crippen LogP contribution < -0.4 is 0 Å². The molecule has 0 radical (unpaired) electrons. The average molecular weight is 579 g/mol. The van der Waals surface area contributed by atoms with E-state index in [1.165, 1.54) is 13.8 Å². The molecule has 2 saturated heterocycles. The lowest BCUT2D eigenvalue weighted by atomic mass is 9.53. The molecule has 10 atom stereocenters. The molecule has 3 N–H and O–H groups in total. The summed E-state index contributed by atoms with van der Waals surface area (Å²) < 4.78 is 34.2. The minimum atomic E-state index is -1.57. The van der Waals surface area contributed by atoms with Crippen LogP contribution in [0.15, 0.2) is 34.2 Å². The predicted octanol–water partition coefficient (Wildman–Crippen LogP) is 1.71. The zero-order valence-electron chi connectivity index (χ0n) is 23.4. The van der Waals surface area contributed by atoms with Gasteiger partial charge in [-0.1, -0.05) is 6.92 Å². The Hall–Kier alpha value is -2.77. The largest absolute Gasteiger partial charge is 0.472 e. The molecule has 4 aliphatic rings. The molecule has 3 heterocycles. The van der Waals surface area contributed by atoms with Crippen LogP contribution in [0.25, 0.3) is 0 Å². The summed E-state index contributed by atoms with van der Waals surface area (Å²) in [4.78, 5) is 37.4. The number of rotatable bonds is 7. The summed E-state index contributed by atoms with van der Waals surface area (Å²) in [6, 6.07) is 1.78. The third-order valence-corrected chi connectivity index (χ3v) is 9.11. The fourth-order valence-electron chi connectivity index (χ4n) is 7.17. The van der Waals surface area contributed by atoms with Gasteiger partial charge in [-0.15, -0.1) is 0 Å². The second-order valence-electron chi connectivity index (χ2n) is 11.5. The Morgan fingerprint density at radius 2 is 1.95 bits per heavy atom. The lowest BCUT2D eigenvalue weighted by Crippen LogP contribution is -2.61. The maximum Gasteiger partial charge on any atom is 0.313 e. The second-order valence-corrected chi connectivity index (χ2v) is 11.5. The van der Waals surface area contributed by atoms with Gasteiger partial charge in [-0.05, 0) is 54.7 Å². The topological polar surface area (TPSA) is 171 Å². The van der Waals surface area contributed by atoms with E-state index in [9.17, 15) is 29.7 Å². The van der Waals surface area contributed by atoms with Crippen molar-refractivity contribution in [2.24, 2.45) is 17.3 Å². The van der Waals surface area contributed by atoms with Crippen molar-refractivity contribution in [3.63, 3.8) is 0 Å². The Bertz CT molecular complexity index is 1160. The van der Waals surface area contributed by atoms with Crippen molar-refractivity contribution in [2.75, 3.05) is 13.2 Å². The Kier molecular flexibility index (Phi) is 8.58. The zero-order valence-corrected chi connectivity index (χ0v) is 23.4. The van der Waals surface area contributed by atoms with Crippen molar-refractivity contribution in [2.45, 2.75) is 95.8 Å². The minimum Gasteiger partial charge on any atom is -0.472 e. The molecule has 1 saturated carbocycles. The van der Waals surface area contributed by atoms with Crippen molar-refractivity contribution >= 4 is 17.9 Å². The first-order valence-corrected chi connectivity index (χ1v) is 14.1. The minimum absolute atomic E-state index is 0.0329. The summed E-state index contributed by atoms with van der Waals surface area (Å²) in [5.41, 5.74) is 1.58. The lowest BCUT2D eigenvalue weighted by Gasteiger charge is -2.51. The quantitative estimate of drug-likeness (QED) is 0.243. The molecule has 12 nitrogen and oxygen atoms in total. The number of aliphatic hydroxyl groups is 3. The highest BCUT2D eigenvalue weighted by Crippen LogP contribution is 2.61. The molecule has 226 valence electrons. The van der Waals surface area contributed by atoms with E-state index in [-0.39, 0.29) is 24.4 Å². The van der Waals surface area contributed by atoms with Crippen molar-refractivity contribution in [1.29, 1.82) is 0 Å². The maximum atomic E-state index is 13.8. The molecule has 1 aromatic heterocycles. The van der Waals surface area contributed by atoms with Gasteiger partial charge in [-0.25, -0.2) is 0 Å². The molecular weight excluding hydrogens is 540 g/mol. The summed E-state index contributed by atoms with van der Waals surface area (Å²) in [5.74, 6) is -1.94. The van der Waals surface area contributed by atoms with E-state index in [0.717, 1.165) is 23.1 Å². The zero-order chi connectivity index (χ0) is 29.5. The van der Waals surface area contributed by atoms with Crippen LogP contribution in [0.1, 0.15) is 64.5 Å². The van der Waals surface area contributed by atoms with Gasteiger partial charge < -0.3 is 43.4 Å². The number of fused-ring (bicyclic) bond motifs is 2. The molecule has 41 heavy (non-hydrogen) atoms. The number of cyclic esters (lactones) is 1. The molecule has 0 aromatic carbocycles. The lowest BCUT2D eigenvalue weighted by molar-refractivity contribution is -0.314. The van der Waals surface area contributed by atoms with Crippen molar-refractivity contribution < 1.29 is 57.8 Å². The Morgan fingerprint density at radius 3 is 2.61 bits per heavy atom. The van der Waals surface area contributed by atoms with Gasteiger partial charge >= 0.3 is 17.9 Å². The summed E-state index contributed by atoms with van der Waals surface area (Å²) in [6.07, 6.45) is -2.06. The molecule has 0 amide bonds. The van der Waals surface area contributed by atoms with Crippen LogP contribution in [-0.2, 0) is 38.1 Å². The van der Waals surface area contributed by atoms with Crippen LogP contribution in [0.5, 0.6) is 0 Å². The highest BCUT2D eigenvalue weighted by atomic mass is 16.7. The standard InChI is InChI=1S/C29H38O12/c1-14-9-20(39-27-26(38-16(3)32)25(34)24(33)22(11-30)40-27)23-18(13-37-15(2)31)5-4-6-19(23)29(14)10-21(41-28(29)35)17-7-8-36-12-17/h7-8,12,14,19-22,24-27,30,33-34H,4-6,9-11,13H2,1-3H3/t14-,19+,20-,21+,22-,24-,25+,26-,27-,29-/m1/s1. The van der Waals surface area contributed by atoms with E-state index >= 15 is 0 Å². The molecular formula is C29H38O12. The average Bonchev–Trinajstić information content (AvgIpc) is 3.58. The maximum absolute atomic E-state index is 13.8. The predicted molar refractivity (Wildman–Crippen MR) is 138 cm³/mol. The van der Waals surface area contributed by atoms with E-state index in [4.69, 9.17) is 28.1 Å². The van der Waals surface area contributed by atoms with E-state index < -0.39 is 66.9 Å². The molecule has 12 heteroatoms. The molecule has 1 spiro atoms.